The van der Waals surface area contributed by atoms with E-state index in [1.54, 1.807) is 17.5 Å². The molecule has 2 rings (SSSR count). The van der Waals surface area contributed by atoms with E-state index in [0.29, 0.717) is 6.54 Å². The van der Waals surface area contributed by atoms with Crippen LogP contribution in [0.2, 0.25) is 0 Å². The van der Waals surface area contributed by atoms with E-state index in [2.05, 4.69) is 15.4 Å². The van der Waals surface area contributed by atoms with E-state index in [4.69, 9.17) is 5.84 Å². The molecule has 0 spiro atoms. The summed E-state index contributed by atoms with van der Waals surface area (Å²) in [6.07, 6.45) is 0. The molecule has 0 amide bonds. The highest BCUT2D eigenvalue weighted by molar-refractivity contribution is 7.09. The number of hydrogen-bond donors (Lipinski definition) is 2. The van der Waals surface area contributed by atoms with Crippen LogP contribution in [0, 0.1) is 18.6 Å². The van der Waals surface area contributed by atoms with Gasteiger partial charge in [-0.15, -0.1) is 11.3 Å². The average Bonchev–Trinajstić information content (AvgIpc) is 2.75. The van der Waals surface area contributed by atoms with E-state index < -0.39 is 11.6 Å². The van der Waals surface area contributed by atoms with Crippen LogP contribution in [0.4, 0.5) is 20.4 Å². The fourth-order valence-electron chi connectivity index (χ4n) is 1.59. The summed E-state index contributed by atoms with van der Waals surface area (Å²) in [7, 11) is 1.67. The van der Waals surface area contributed by atoms with Gasteiger partial charge in [0.15, 0.2) is 23.3 Å². The highest BCUT2D eigenvalue weighted by Crippen LogP contribution is 2.23. The summed E-state index contributed by atoms with van der Waals surface area (Å²) in [6.45, 7) is 2.32. The van der Waals surface area contributed by atoms with Crippen LogP contribution in [0.5, 0.6) is 0 Å². The van der Waals surface area contributed by atoms with Gasteiger partial charge < -0.3 is 10.3 Å². The second-order valence-corrected chi connectivity index (χ2v) is 4.92. The van der Waals surface area contributed by atoms with Gasteiger partial charge in [0.05, 0.1) is 17.7 Å². The predicted molar refractivity (Wildman–Crippen MR) is 70.9 cm³/mol. The van der Waals surface area contributed by atoms with Crippen LogP contribution < -0.4 is 16.2 Å². The van der Waals surface area contributed by atoms with Crippen molar-refractivity contribution in [2.45, 2.75) is 13.5 Å². The van der Waals surface area contributed by atoms with Crippen LogP contribution in [0.3, 0.4) is 0 Å². The third-order valence-electron chi connectivity index (χ3n) is 2.63. The molecule has 0 saturated heterocycles. The van der Waals surface area contributed by atoms with Crippen molar-refractivity contribution < 1.29 is 8.78 Å². The van der Waals surface area contributed by atoms with E-state index in [-0.39, 0.29) is 11.6 Å². The first-order chi connectivity index (χ1) is 9.02. The Morgan fingerprint density at radius 1 is 1.42 bits per heavy atom. The number of aryl methyl sites for hydroxylation is 1. The van der Waals surface area contributed by atoms with Gasteiger partial charge in [0.1, 0.15) is 0 Å². The van der Waals surface area contributed by atoms with Gasteiger partial charge >= 0.3 is 0 Å². The van der Waals surface area contributed by atoms with Crippen LogP contribution in [0.25, 0.3) is 0 Å². The molecule has 0 aromatic carbocycles. The third kappa shape index (κ3) is 2.79. The zero-order valence-corrected chi connectivity index (χ0v) is 11.3. The molecule has 0 saturated carbocycles. The molecular weight excluding hydrogens is 272 g/mol. The molecule has 0 fully saturated rings. The average molecular weight is 285 g/mol. The minimum Gasteiger partial charge on any atom is -0.352 e. The van der Waals surface area contributed by atoms with Crippen molar-refractivity contribution in [3.05, 3.63) is 33.8 Å². The highest BCUT2D eigenvalue weighted by Gasteiger charge is 2.16. The van der Waals surface area contributed by atoms with Crippen LogP contribution in [0.1, 0.15) is 10.6 Å². The molecule has 2 heterocycles. The van der Waals surface area contributed by atoms with Crippen molar-refractivity contribution in [1.29, 1.82) is 0 Å². The number of nitrogens with two attached hydrogens (primary N) is 1. The normalized spacial score (nSPS) is 10.6. The lowest BCUT2D eigenvalue weighted by atomic mass is 10.3. The second kappa shape index (κ2) is 5.45. The van der Waals surface area contributed by atoms with Crippen molar-refractivity contribution in [1.82, 2.24) is 9.97 Å². The summed E-state index contributed by atoms with van der Waals surface area (Å²) < 4.78 is 27.0. The van der Waals surface area contributed by atoms with E-state index in [0.717, 1.165) is 16.6 Å². The molecule has 102 valence electrons. The number of aromatic nitrogens is 2. The molecule has 0 aliphatic heterocycles. The molecule has 0 unspecified atom stereocenters. The Labute approximate surface area is 113 Å². The molecule has 0 radical (unpaired) electrons. The molecular formula is C11H13F2N5S. The fourth-order valence-corrected chi connectivity index (χ4v) is 2.42. The Kier molecular flexibility index (Phi) is 3.91. The van der Waals surface area contributed by atoms with E-state index in [9.17, 15) is 8.78 Å². The van der Waals surface area contributed by atoms with Crippen LogP contribution >= 0.6 is 11.3 Å². The first kappa shape index (κ1) is 13.6. The zero-order valence-electron chi connectivity index (χ0n) is 10.4. The van der Waals surface area contributed by atoms with Crippen molar-refractivity contribution in [3.8, 4) is 0 Å². The number of anilines is 2. The molecule has 0 aliphatic rings. The lowest BCUT2D eigenvalue weighted by Crippen LogP contribution is -2.21. The Morgan fingerprint density at radius 2 is 2.16 bits per heavy atom. The lowest BCUT2D eigenvalue weighted by molar-refractivity contribution is 0.572. The minimum absolute atomic E-state index is 0.0298. The third-order valence-corrected chi connectivity index (χ3v) is 3.55. The zero-order chi connectivity index (χ0) is 14.0. The number of thiazole rings is 1. The number of halogens is 2. The molecule has 5 nitrogen and oxygen atoms in total. The van der Waals surface area contributed by atoms with E-state index >= 15 is 0 Å². The van der Waals surface area contributed by atoms with Crippen molar-refractivity contribution in [3.63, 3.8) is 0 Å². The smallest absolute Gasteiger partial charge is 0.178 e. The van der Waals surface area contributed by atoms with Crippen molar-refractivity contribution >= 4 is 23.0 Å². The maximum atomic E-state index is 13.7. The van der Waals surface area contributed by atoms with E-state index in [1.807, 2.05) is 6.92 Å². The van der Waals surface area contributed by atoms with Gasteiger partial charge in [0, 0.05) is 18.0 Å². The number of nitrogen functional groups attached to an aromatic ring is 1. The number of pyridine rings is 1. The van der Waals surface area contributed by atoms with Gasteiger partial charge in [0.2, 0.25) is 0 Å². The van der Waals surface area contributed by atoms with E-state index in [1.165, 1.54) is 11.3 Å². The predicted octanol–water partition coefficient (Wildman–Crippen LogP) is 2.05. The molecule has 0 bridgehead atoms. The highest BCUT2D eigenvalue weighted by atomic mass is 32.1. The maximum absolute atomic E-state index is 13.7. The van der Waals surface area contributed by atoms with Gasteiger partial charge in [-0.25, -0.2) is 24.6 Å². The lowest BCUT2D eigenvalue weighted by Gasteiger charge is -2.19. The Balaban J connectivity index is 2.28. The van der Waals surface area contributed by atoms with Gasteiger partial charge in [-0.05, 0) is 6.92 Å². The molecule has 19 heavy (non-hydrogen) atoms. The number of rotatable bonds is 4. The van der Waals surface area contributed by atoms with Gasteiger partial charge in [-0.3, -0.25) is 0 Å². The molecule has 2 aromatic rings. The minimum atomic E-state index is -0.828. The number of hydrogen-bond acceptors (Lipinski definition) is 6. The second-order valence-electron chi connectivity index (χ2n) is 3.99. The summed E-state index contributed by atoms with van der Waals surface area (Å²) in [5.74, 6) is 3.41. The summed E-state index contributed by atoms with van der Waals surface area (Å²) in [6, 6.07) is 0.757. The Bertz CT molecular complexity index is 586. The molecule has 8 heteroatoms. The monoisotopic (exact) mass is 285 g/mol. The number of nitrogens with one attached hydrogen (secondary N) is 1. The van der Waals surface area contributed by atoms with Crippen LogP contribution in [0.15, 0.2) is 11.6 Å². The summed E-state index contributed by atoms with van der Waals surface area (Å²) in [5.41, 5.74) is 4.71. The summed E-state index contributed by atoms with van der Waals surface area (Å²) >= 11 is 1.47. The SMILES string of the molecule is Cc1ncsc1CN(C)c1nc(NN)c(F)cc1F. The first-order valence-electron chi connectivity index (χ1n) is 5.45. The van der Waals surface area contributed by atoms with Crippen molar-refractivity contribution in [2.24, 2.45) is 5.84 Å². The Hall–Kier alpha value is -1.80. The van der Waals surface area contributed by atoms with Crippen LogP contribution in [-0.2, 0) is 6.54 Å². The van der Waals surface area contributed by atoms with Gasteiger partial charge in [-0.2, -0.15) is 0 Å². The topological polar surface area (TPSA) is 67.1 Å². The first-order valence-corrected chi connectivity index (χ1v) is 6.33. The standard InChI is InChI=1S/C11H13F2N5S/c1-6-9(19-5-15-6)4-18(2)11-8(13)3-7(12)10(16-11)17-14/h3,5H,4,14H2,1-2H3,(H,16,17). The summed E-state index contributed by atoms with van der Waals surface area (Å²) in [5, 5.41) is 0. The van der Waals surface area contributed by atoms with Crippen molar-refractivity contribution in [2.75, 3.05) is 17.4 Å². The molecule has 0 aliphatic carbocycles. The quantitative estimate of drug-likeness (QED) is 0.665. The number of hydrazine groups is 1. The van der Waals surface area contributed by atoms with Gasteiger partial charge in [-0.1, -0.05) is 0 Å². The number of nitrogens with zero attached hydrogens (tertiary/aromatic N) is 3. The van der Waals surface area contributed by atoms with Crippen LogP contribution in [-0.4, -0.2) is 17.0 Å². The molecule has 0 atom stereocenters. The molecule has 2 aromatic heterocycles. The molecule has 3 N–H and O–H groups in total. The Morgan fingerprint density at radius 3 is 2.74 bits per heavy atom. The largest absolute Gasteiger partial charge is 0.352 e. The maximum Gasteiger partial charge on any atom is 0.178 e. The summed E-state index contributed by atoms with van der Waals surface area (Å²) in [4.78, 5) is 10.5. The fraction of sp³-hybridized carbons (Fsp3) is 0.273. The van der Waals surface area contributed by atoms with Gasteiger partial charge in [0.25, 0.3) is 0 Å².